The Morgan fingerprint density at radius 3 is 2.54 bits per heavy atom. The quantitative estimate of drug-likeness (QED) is 0.435. The predicted molar refractivity (Wildman–Crippen MR) is 106 cm³/mol. The third-order valence-electron chi connectivity index (χ3n) is 3.91. The van der Waals surface area contributed by atoms with Gasteiger partial charge < -0.3 is 4.98 Å². The Balaban J connectivity index is 1.42. The number of thiazole rings is 1. The van der Waals surface area contributed by atoms with E-state index >= 15 is 0 Å². The lowest BCUT2D eigenvalue weighted by atomic mass is 10.2. The highest BCUT2D eigenvalue weighted by Crippen LogP contribution is 2.28. The van der Waals surface area contributed by atoms with E-state index in [1.807, 2.05) is 0 Å². The van der Waals surface area contributed by atoms with Crippen molar-refractivity contribution in [3.05, 3.63) is 77.2 Å². The van der Waals surface area contributed by atoms with Crippen molar-refractivity contribution < 1.29 is 4.39 Å². The average molecular weight is 382 g/mol. The Hall–Kier alpha value is -2.44. The van der Waals surface area contributed by atoms with Gasteiger partial charge in [-0.05, 0) is 36.8 Å². The van der Waals surface area contributed by atoms with Gasteiger partial charge in [-0.3, -0.25) is 0 Å². The van der Waals surface area contributed by atoms with Crippen LogP contribution in [0.3, 0.4) is 0 Å². The van der Waals surface area contributed by atoms with Gasteiger partial charge in [-0.2, -0.15) is 0 Å². The first-order valence-electron chi connectivity index (χ1n) is 8.12. The number of benzene rings is 2. The van der Waals surface area contributed by atoms with E-state index in [9.17, 15) is 4.39 Å². The summed E-state index contributed by atoms with van der Waals surface area (Å²) >= 11 is 3.26. The molecule has 0 bridgehead atoms. The van der Waals surface area contributed by atoms with Crippen LogP contribution >= 0.6 is 23.1 Å². The zero-order valence-electron chi connectivity index (χ0n) is 14.1. The van der Waals surface area contributed by atoms with E-state index in [0.29, 0.717) is 0 Å². The molecule has 26 heavy (non-hydrogen) atoms. The molecule has 0 amide bonds. The maximum Gasteiger partial charge on any atom is 0.166 e. The zero-order valence-corrected chi connectivity index (χ0v) is 15.7. The number of aromatic amines is 1. The van der Waals surface area contributed by atoms with Crippen molar-refractivity contribution in [2.75, 3.05) is 0 Å². The topological polar surface area (TPSA) is 41.6 Å². The minimum atomic E-state index is -0.240. The number of H-pyrrole nitrogens is 1. The van der Waals surface area contributed by atoms with Gasteiger partial charge in [0.1, 0.15) is 10.8 Å². The first-order chi connectivity index (χ1) is 12.7. The fourth-order valence-corrected chi connectivity index (χ4v) is 4.17. The number of nitrogens with one attached hydrogen (secondary N) is 1. The van der Waals surface area contributed by atoms with E-state index < -0.39 is 0 Å². The summed E-state index contributed by atoms with van der Waals surface area (Å²) in [6.45, 7) is 2.08. The predicted octanol–water partition coefficient (Wildman–Crippen LogP) is 5.94. The molecule has 0 saturated heterocycles. The van der Waals surface area contributed by atoms with Gasteiger partial charge in [-0.25, -0.2) is 14.4 Å². The molecule has 1 N–H and O–H groups in total. The number of aromatic nitrogens is 3. The van der Waals surface area contributed by atoms with Crippen LogP contribution in [0.25, 0.3) is 21.8 Å². The molecule has 2 aromatic heterocycles. The lowest BCUT2D eigenvalue weighted by Crippen LogP contribution is -1.84. The van der Waals surface area contributed by atoms with E-state index in [1.54, 1.807) is 41.4 Å². The summed E-state index contributed by atoms with van der Waals surface area (Å²) in [6.07, 6.45) is 1.77. The molecule has 0 aliphatic rings. The normalized spacial score (nSPS) is 11.0. The SMILES string of the molecule is Cc1ccc(-c2nc(CSc3ncc(-c4ccc(F)cc4)[nH]3)cs2)cc1. The third-order valence-corrected chi connectivity index (χ3v) is 5.78. The van der Waals surface area contributed by atoms with E-state index in [0.717, 1.165) is 38.4 Å². The number of nitrogens with zero attached hydrogens (tertiary/aromatic N) is 2. The summed E-state index contributed by atoms with van der Waals surface area (Å²) in [7, 11) is 0. The van der Waals surface area contributed by atoms with Crippen molar-refractivity contribution in [2.24, 2.45) is 0 Å². The van der Waals surface area contributed by atoms with Crippen molar-refractivity contribution in [1.82, 2.24) is 15.0 Å². The molecule has 2 aromatic carbocycles. The number of halogens is 1. The molecule has 130 valence electrons. The van der Waals surface area contributed by atoms with Gasteiger partial charge >= 0.3 is 0 Å². The van der Waals surface area contributed by atoms with Gasteiger partial charge in [-0.1, -0.05) is 41.6 Å². The Bertz CT molecular complexity index is 920. The van der Waals surface area contributed by atoms with Crippen LogP contribution in [0.5, 0.6) is 0 Å². The van der Waals surface area contributed by atoms with Crippen LogP contribution < -0.4 is 0 Å². The standard InChI is InChI=1S/C20H16FN3S2/c1-13-2-4-15(5-3-13)19-23-17(11-25-19)12-26-20-22-10-18(24-20)14-6-8-16(21)9-7-14/h2-11H,12H2,1H3,(H,22,24). The highest BCUT2D eigenvalue weighted by molar-refractivity contribution is 7.98. The number of thioether (sulfide) groups is 1. The molecule has 4 aromatic rings. The summed E-state index contributed by atoms with van der Waals surface area (Å²) in [5, 5.41) is 3.95. The molecule has 0 fully saturated rings. The molecule has 0 spiro atoms. The summed E-state index contributed by atoms with van der Waals surface area (Å²) in [5.41, 5.74) is 5.23. The molecule has 6 heteroatoms. The number of hydrogen-bond acceptors (Lipinski definition) is 4. The van der Waals surface area contributed by atoms with Crippen LogP contribution in [0.2, 0.25) is 0 Å². The van der Waals surface area contributed by atoms with Crippen molar-refractivity contribution in [2.45, 2.75) is 17.8 Å². The summed E-state index contributed by atoms with van der Waals surface area (Å²) in [6, 6.07) is 14.8. The van der Waals surface area contributed by atoms with Crippen molar-refractivity contribution in [3.63, 3.8) is 0 Å². The molecule has 0 saturated carbocycles. The molecular weight excluding hydrogens is 365 g/mol. The monoisotopic (exact) mass is 381 g/mol. The molecule has 0 aliphatic carbocycles. The molecule has 0 atom stereocenters. The minimum absolute atomic E-state index is 0.240. The Labute approximate surface area is 159 Å². The highest BCUT2D eigenvalue weighted by atomic mass is 32.2. The molecule has 0 radical (unpaired) electrons. The highest BCUT2D eigenvalue weighted by Gasteiger charge is 2.08. The van der Waals surface area contributed by atoms with E-state index in [1.165, 1.54) is 17.7 Å². The molecule has 0 aliphatic heterocycles. The average Bonchev–Trinajstić information content (AvgIpc) is 3.31. The van der Waals surface area contributed by atoms with E-state index in [4.69, 9.17) is 4.98 Å². The molecule has 4 rings (SSSR count). The van der Waals surface area contributed by atoms with Gasteiger partial charge in [0, 0.05) is 16.7 Å². The first kappa shape index (κ1) is 17.0. The van der Waals surface area contributed by atoms with Gasteiger partial charge in [0.25, 0.3) is 0 Å². The fourth-order valence-electron chi connectivity index (χ4n) is 2.50. The molecule has 3 nitrogen and oxygen atoms in total. The summed E-state index contributed by atoms with van der Waals surface area (Å²) in [4.78, 5) is 12.4. The van der Waals surface area contributed by atoms with Gasteiger partial charge in [-0.15, -0.1) is 11.3 Å². The van der Waals surface area contributed by atoms with Gasteiger partial charge in [0.15, 0.2) is 5.16 Å². The number of rotatable bonds is 5. The van der Waals surface area contributed by atoms with Crippen LogP contribution in [-0.4, -0.2) is 15.0 Å². The van der Waals surface area contributed by atoms with Crippen LogP contribution in [0.1, 0.15) is 11.3 Å². The van der Waals surface area contributed by atoms with Crippen LogP contribution in [0.15, 0.2) is 65.3 Å². The lowest BCUT2D eigenvalue weighted by molar-refractivity contribution is 0.628. The maximum absolute atomic E-state index is 13.0. The van der Waals surface area contributed by atoms with Crippen molar-refractivity contribution in [1.29, 1.82) is 0 Å². The first-order valence-corrected chi connectivity index (χ1v) is 9.99. The Kier molecular flexibility index (Phi) is 4.86. The smallest absolute Gasteiger partial charge is 0.166 e. The molecule has 2 heterocycles. The Morgan fingerprint density at radius 1 is 1.04 bits per heavy atom. The minimum Gasteiger partial charge on any atom is -0.333 e. The maximum atomic E-state index is 13.0. The third kappa shape index (κ3) is 3.86. The second-order valence-electron chi connectivity index (χ2n) is 5.91. The van der Waals surface area contributed by atoms with E-state index in [2.05, 4.69) is 46.5 Å². The molecule has 0 unspecified atom stereocenters. The van der Waals surface area contributed by atoms with Crippen molar-refractivity contribution >= 4 is 23.1 Å². The summed E-state index contributed by atoms with van der Waals surface area (Å²) < 4.78 is 13.0. The van der Waals surface area contributed by atoms with E-state index in [-0.39, 0.29) is 5.82 Å². The molecular formula is C20H16FN3S2. The second-order valence-corrected chi connectivity index (χ2v) is 7.73. The summed E-state index contributed by atoms with van der Waals surface area (Å²) in [5.74, 6) is 0.509. The van der Waals surface area contributed by atoms with Gasteiger partial charge in [0.05, 0.1) is 17.6 Å². The largest absolute Gasteiger partial charge is 0.333 e. The number of hydrogen-bond donors (Lipinski definition) is 1. The lowest BCUT2D eigenvalue weighted by Gasteiger charge is -1.98. The Morgan fingerprint density at radius 2 is 1.77 bits per heavy atom. The van der Waals surface area contributed by atoms with Crippen LogP contribution in [-0.2, 0) is 5.75 Å². The number of imidazole rings is 1. The van der Waals surface area contributed by atoms with Gasteiger partial charge in [0.2, 0.25) is 0 Å². The zero-order chi connectivity index (χ0) is 17.9. The van der Waals surface area contributed by atoms with Crippen LogP contribution in [0, 0.1) is 12.7 Å². The fraction of sp³-hybridized carbons (Fsp3) is 0.100. The second kappa shape index (κ2) is 7.43. The number of aryl methyl sites for hydroxylation is 1. The van der Waals surface area contributed by atoms with Crippen LogP contribution in [0.4, 0.5) is 4.39 Å². The van der Waals surface area contributed by atoms with Crippen molar-refractivity contribution in [3.8, 4) is 21.8 Å².